The third-order valence-electron chi connectivity index (χ3n) is 4.66. The number of hydrogen-bond donors (Lipinski definition) is 1. The Hall–Kier alpha value is -2.94. The van der Waals surface area contributed by atoms with Crippen LogP contribution in [-0.4, -0.2) is 49.5 Å². The average Bonchev–Trinajstić information content (AvgIpc) is 2.75. The number of benzene rings is 2. The fourth-order valence-corrected chi connectivity index (χ4v) is 3.08. The molecule has 168 valence electrons. The summed E-state index contributed by atoms with van der Waals surface area (Å²) in [4.78, 5) is 14.2. The van der Waals surface area contributed by atoms with E-state index in [2.05, 4.69) is 10.1 Å². The molecule has 0 aromatic heterocycles. The summed E-state index contributed by atoms with van der Waals surface area (Å²) < 4.78 is 52.6. The Morgan fingerprint density at radius 3 is 2.48 bits per heavy atom. The van der Waals surface area contributed by atoms with Crippen LogP contribution in [0, 0.1) is 0 Å². The number of nitrogens with zero attached hydrogens (tertiary/aromatic N) is 1. The van der Waals surface area contributed by atoms with Crippen molar-refractivity contribution in [1.29, 1.82) is 0 Å². The fourth-order valence-electron chi connectivity index (χ4n) is 3.08. The van der Waals surface area contributed by atoms with Crippen LogP contribution in [0.4, 0.5) is 18.0 Å². The molecule has 1 aliphatic heterocycles. The van der Waals surface area contributed by atoms with E-state index in [4.69, 9.17) is 9.47 Å². The number of fused-ring (bicyclic) bond motifs is 1. The van der Waals surface area contributed by atoms with E-state index in [9.17, 15) is 18.0 Å². The zero-order chi connectivity index (χ0) is 22.3. The Labute approximate surface area is 178 Å². The number of amides is 2. The van der Waals surface area contributed by atoms with E-state index in [1.807, 2.05) is 31.2 Å². The Bertz CT molecular complexity index is 859. The van der Waals surface area contributed by atoms with Crippen molar-refractivity contribution in [2.45, 2.75) is 32.4 Å². The molecule has 9 heteroatoms. The minimum absolute atomic E-state index is 0.123. The van der Waals surface area contributed by atoms with Crippen LogP contribution in [0.3, 0.4) is 0 Å². The predicted molar refractivity (Wildman–Crippen MR) is 108 cm³/mol. The second-order valence-electron chi connectivity index (χ2n) is 7.12. The molecule has 2 amide bonds. The number of alkyl halides is 3. The van der Waals surface area contributed by atoms with Gasteiger partial charge in [0.25, 0.3) is 0 Å². The molecule has 3 rings (SSSR count). The second kappa shape index (κ2) is 10.4. The van der Waals surface area contributed by atoms with Crippen molar-refractivity contribution in [3.8, 4) is 11.5 Å². The lowest BCUT2D eigenvalue weighted by Crippen LogP contribution is -2.47. The number of para-hydroxylation sites is 2. The van der Waals surface area contributed by atoms with E-state index in [1.165, 1.54) is 0 Å². The SMILES string of the molecule is CCN(CC1COc2ccccc2O1)C(=O)NCc1ccc(COCC(F)(F)F)cc1. The number of urea groups is 1. The monoisotopic (exact) mass is 438 g/mol. The summed E-state index contributed by atoms with van der Waals surface area (Å²) in [5.41, 5.74) is 1.46. The molecule has 2 aromatic carbocycles. The summed E-state index contributed by atoms with van der Waals surface area (Å²) >= 11 is 0. The van der Waals surface area contributed by atoms with Gasteiger partial charge in [0.2, 0.25) is 0 Å². The Morgan fingerprint density at radius 1 is 1.13 bits per heavy atom. The molecule has 1 atom stereocenters. The van der Waals surface area contributed by atoms with Gasteiger partial charge in [-0.05, 0) is 30.2 Å². The van der Waals surface area contributed by atoms with Crippen LogP contribution in [0.5, 0.6) is 11.5 Å². The lowest BCUT2D eigenvalue weighted by molar-refractivity contribution is -0.176. The zero-order valence-electron chi connectivity index (χ0n) is 17.2. The molecule has 0 fully saturated rings. The van der Waals surface area contributed by atoms with Gasteiger partial charge in [0.1, 0.15) is 13.2 Å². The van der Waals surface area contributed by atoms with Gasteiger partial charge in [0.15, 0.2) is 17.6 Å². The van der Waals surface area contributed by atoms with Crippen LogP contribution in [0.1, 0.15) is 18.1 Å². The third-order valence-corrected chi connectivity index (χ3v) is 4.66. The topological polar surface area (TPSA) is 60.0 Å². The molecule has 1 heterocycles. The van der Waals surface area contributed by atoms with Gasteiger partial charge in [-0.15, -0.1) is 0 Å². The summed E-state index contributed by atoms with van der Waals surface area (Å²) in [6.07, 6.45) is -4.61. The molecular weight excluding hydrogens is 413 g/mol. The minimum Gasteiger partial charge on any atom is -0.486 e. The molecule has 1 aliphatic rings. The van der Waals surface area contributed by atoms with Crippen molar-refractivity contribution >= 4 is 6.03 Å². The summed E-state index contributed by atoms with van der Waals surface area (Å²) in [5, 5.41) is 2.85. The molecule has 0 bridgehead atoms. The number of halogens is 3. The average molecular weight is 438 g/mol. The van der Waals surface area contributed by atoms with E-state index in [1.54, 1.807) is 29.2 Å². The maximum Gasteiger partial charge on any atom is 0.411 e. The van der Waals surface area contributed by atoms with Crippen LogP contribution in [0.25, 0.3) is 0 Å². The molecule has 2 aromatic rings. The van der Waals surface area contributed by atoms with Crippen LogP contribution < -0.4 is 14.8 Å². The van der Waals surface area contributed by atoms with Crippen molar-refractivity contribution < 1.29 is 32.2 Å². The molecule has 31 heavy (non-hydrogen) atoms. The molecule has 1 N–H and O–H groups in total. The number of nitrogens with one attached hydrogen (secondary N) is 1. The normalized spacial score (nSPS) is 15.4. The van der Waals surface area contributed by atoms with Gasteiger partial charge in [-0.25, -0.2) is 4.79 Å². The number of carbonyl (C=O) groups excluding carboxylic acids is 1. The Balaban J connectivity index is 1.44. The molecule has 0 spiro atoms. The van der Waals surface area contributed by atoms with Gasteiger partial charge in [-0.2, -0.15) is 13.2 Å². The first-order valence-electron chi connectivity index (χ1n) is 9.97. The minimum atomic E-state index is -4.34. The quantitative estimate of drug-likeness (QED) is 0.673. The largest absolute Gasteiger partial charge is 0.486 e. The molecular formula is C22H25F3N2O4. The molecule has 0 radical (unpaired) electrons. The van der Waals surface area contributed by atoms with Crippen LogP contribution in [0.15, 0.2) is 48.5 Å². The van der Waals surface area contributed by atoms with Gasteiger partial charge in [0, 0.05) is 13.1 Å². The highest BCUT2D eigenvalue weighted by Crippen LogP contribution is 2.31. The Morgan fingerprint density at radius 2 is 1.81 bits per heavy atom. The molecule has 0 saturated carbocycles. The van der Waals surface area contributed by atoms with Crippen molar-refractivity contribution in [3.63, 3.8) is 0 Å². The van der Waals surface area contributed by atoms with Crippen molar-refractivity contribution in [2.24, 2.45) is 0 Å². The molecule has 0 aliphatic carbocycles. The van der Waals surface area contributed by atoms with Gasteiger partial charge in [-0.1, -0.05) is 36.4 Å². The van der Waals surface area contributed by atoms with Crippen molar-refractivity contribution in [3.05, 3.63) is 59.7 Å². The van der Waals surface area contributed by atoms with E-state index >= 15 is 0 Å². The summed E-state index contributed by atoms with van der Waals surface area (Å²) in [6.45, 7) is 2.02. The van der Waals surface area contributed by atoms with Gasteiger partial charge in [0.05, 0.1) is 13.2 Å². The lowest BCUT2D eigenvalue weighted by Gasteiger charge is -2.31. The van der Waals surface area contributed by atoms with Crippen molar-refractivity contribution in [2.75, 3.05) is 26.3 Å². The van der Waals surface area contributed by atoms with E-state index in [0.29, 0.717) is 43.3 Å². The van der Waals surface area contributed by atoms with Crippen molar-refractivity contribution in [1.82, 2.24) is 10.2 Å². The highest BCUT2D eigenvalue weighted by Gasteiger charge is 2.27. The number of carbonyl (C=O) groups is 1. The van der Waals surface area contributed by atoms with Crippen LogP contribution >= 0.6 is 0 Å². The first kappa shape index (κ1) is 22.7. The summed E-state index contributed by atoms with van der Waals surface area (Å²) in [6, 6.07) is 14.0. The summed E-state index contributed by atoms with van der Waals surface area (Å²) in [7, 11) is 0. The third kappa shape index (κ3) is 7.06. The van der Waals surface area contributed by atoms with Crippen LogP contribution in [-0.2, 0) is 17.9 Å². The fraction of sp³-hybridized carbons (Fsp3) is 0.409. The first-order chi connectivity index (χ1) is 14.8. The zero-order valence-corrected chi connectivity index (χ0v) is 17.2. The van der Waals surface area contributed by atoms with Gasteiger partial charge >= 0.3 is 12.2 Å². The maximum atomic E-state index is 12.6. The smallest absolute Gasteiger partial charge is 0.411 e. The molecule has 0 saturated heterocycles. The molecule has 6 nitrogen and oxygen atoms in total. The van der Waals surface area contributed by atoms with Crippen LogP contribution in [0.2, 0.25) is 0 Å². The first-order valence-corrected chi connectivity index (χ1v) is 9.97. The van der Waals surface area contributed by atoms with E-state index in [0.717, 1.165) is 5.56 Å². The maximum absolute atomic E-state index is 12.6. The van der Waals surface area contributed by atoms with Gasteiger partial charge < -0.3 is 24.4 Å². The number of ether oxygens (including phenoxy) is 3. The number of likely N-dealkylation sites (N-methyl/N-ethyl adjacent to an activating group) is 1. The van der Waals surface area contributed by atoms with Gasteiger partial charge in [-0.3, -0.25) is 0 Å². The highest BCUT2D eigenvalue weighted by atomic mass is 19.4. The molecule has 1 unspecified atom stereocenters. The number of hydrogen-bond acceptors (Lipinski definition) is 4. The Kier molecular flexibility index (Phi) is 7.62. The highest BCUT2D eigenvalue weighted by molar-refractivity contribution is 5.74. The lowest BCUT2D eigenvalue weighted by atomic mass is 10.1. The predicted octanol–water partition coefficient (Wildman–Crippen LogP) is 4.14. The van der Waals surface area contributed by atoms with E-state index in [-0.39, 0.29) is 18.7 Å². The summed E-state index contributed by atoms with van der Waals surface area (Å²) in [5.74, 6) is 1.35. The standard InChI is InChI=1S/C22H25F3N2O4/c1-2-27(12-18-14-30-19-5-3-4-6-20(19)31-18)21(28)26-11-16-7-9-17(10-8-16)13-29-15-22(23,24)25/h3-10,18H,2,11-15H2,1H3,(H,26,28). The second-order valence-corrected chi connectivity index (χ2v) is 7.12. The van der Waals surface area contributed by atoms with E-state index < -0.39 is 12.8 Å². The number of rotatable bonds is 8.